The molecule has 1 heterocycles. The van der Waals surface area contributed by atoms with Crippen molar-refractivity contribution >= 4 is 5.91 Å². The summed E-state index contributed by atoms with van der Waals surface area (Å²) in [5.41, 5.74) is 0. The van der Waals surface area contributed by atoms with Gasteiger partial charge in [0.1, 0.15) is 0 Å². The van der Waals surface area contributed by atoms with Crippen molar-refractivity contribution in [2.45, 2.75) is 6.92 Å². The van der Waals surface area contributed by atoms with Crippen molar-refractivity contribution < 1.29 is 37.5 Å². The van der Waals surface area contributed by atoms with Gasteiger partial charge in [0.2, 0.25) is 0 Å². The van der Waals surface area contributed by atoms with Crippen LogP contribution in [0.15, 0.2) is 0 Å². The van der Waals surface area contributed by atoms with Crippen molar-refractivity contribution in [1.29, 1.82) is 0 Å². The van der Waals surface area contributed by atoms with Crippen molar-refractivity contribution in [3.05, 3.63) is 5.92 Å². The molecule has 7 heavy (non-hydrogen) atoms. The molecule has 1 N–H and O–H groups in total. The van der Waals surface area contributed by atoms with Gasteiger partial charge in [-0.15, -0.1) is 0 Å². The van der Waals surface area contributed by atoms with E-state index in [9.17, 15) is 4.79 Å². The molecule has 1 saturated heterocycles. The normalized spacial score (nSPS) is 16.7. The summed E-state index contributed by atoms with van der Waals surface area (Å²) >= 11 is 0. The fourth-order valence-corrected chi connectivity index (χ4v) is 0.337. The Morgan fingerprint density at radius 3 is 2.29 bits per heavy atom. The molecular weight excluding hydrogens is 167 g/mol. The minimum absolute atomic E-state index is 0. The van der Waals surface area contributed by atoms with Crippen LogP contribution < -0.4 is 5.32 Å². The van der Waals surface area contributed by atoms with E-state index in [1.165, 1.54) is 0 Å². The molecule has 0 bridgehead atoms. The van der Waals surface area contributed by atoms with E-state index in [0.29, 0.717) is 0 Å². The molecule has 1 rings (SSSR count). The fraction of sp³-hybridized carbons (Fsp3) is 0.500. The van der Waals surface area contributed by atoms with Gasteiger partial charge in [0, 0.05) is 32.7 Å². The molecule has 0 aromatic rings. The van der Waals surface area contributed by atoms with Crippen LogP contribution in [-0.4, -0.2) is 12.5 Å². The maximum atomic E-state index is 10.1. The predicted molar refractivity (Wildman–Crippen MR) is 21.9 cm³/mol. The maximum Gasteiger partial charge on any atom is 0.0841 e. The Morgan fingerprint density at radius 2 is 2.29 bits per heavy atom. The van der Waals surface area contributed by atoms with Crippen LogP contribution in [-0.2, 0) is 37.5 Å². The summed E-state index contributed by atoms with van der Waals surface area (Å²) in [5, 5.41) is 2.58. The van der Waals surface area contributed by atoms with E-state index < -0.39 is 0 Å². The molecule has 3 heteroatoms. The molecule has 1 fully saturated rings. The van der Waals surface area contributed by atoms with E-state index >= 15 is 0 Å². The largest absolute Gasteiger partial charge is 0.408 e. The number of hydrogen-bond acceptors (Lipinski definition) is 1. The van der Waals surface area contributed by atoms with Crippen LogP contribution >= 0.6 is 0 Å². The first-order valence-corrected chi connectivity index (χ1v) is 1.91. The number of nitrogens with one attached hydrogen (secondary N) is 1. The number of amides is 1. The van der Waals surface area contributed by atoms with E-state index in [-0.39, 0.29) is 38.6 Å². The van der Waals surface area contributed by atoms with Crippen molar-refractivity contribution in [1.82, 2.24) is 5.32 Å². The maximum absolute atomic E-state index is 10.1. The van der Waals surface area contributed by atoms with Crippen molar-refractivity contribution in [2.75, 3.05) is 6.54 Å². The first-order valence-electron chi connectivity index (χ1n) is 1.91. The van der Waals surface area contributed by atoms with Crippen LogP contribution in [0.25, 0.3) is 0 Å². The Morgan fingerprint density at radius 1 is 1.86 bits per heavy atom. The van der Waals surface area contributed by atoms with Crippen molar-refractivity contribution in [3.8, 4) is 0 Å². The third-order valence-corrected chi connectivity index (χ3v) is 0.902. The van der Waals surface area contributed by atoms with Gasteiger partial charge in [-0.1, -0.05) is 6.54 Å². The van der Waals surface area contributed by atoms with E-state index in [1.54, 1.807) is 0 Å². The SMILES string of the molecule is C[C-]1CNC1=O.[Y]. The van der Waals surface area contributed by atoms with Crippen LogP contribution in [0.2, 0.25) is 0 Å². The summed E-state index contributed by atoms with van der Waals surface area (Å²) in [5.74, 6) is 1.05. The molecule has 0 unspecified atom stereocenters. The third-order valence-electron chi connectivity index (χ3n) is 0.902. The number of β-lactam (4-membered cyclic amide) rings is 1. The smallest absolute Gasteiger partial charge is 0.0841 e. The summed E-state index contributed by atoms with van der Waals surface area (Å²) in [6.45, 7) is 2.62. The molecule has 0 aromatic carbocycles. The van der Waals surface area contributed by atoms with Gasteiger partial charge in [-0.2, -0.15) is 6.92 Å². The first kappa shape index (κ1) is 7.44. The van der Waals surface area contributed by atoms with Gasteiger partial charge in [-0.3, -0.25) is 5.92 Å². The molecule has 1 aliphatic heterocycles. The number of carbonyl (C=O) groups is 1. The molecule has 1 amide bonds. The van der Waals surface area contributed by atoms with Gasteiger partial charge < -0.3 is 10.1 Å². The van der Waals surface area contributed by atoms with E-state index in [2.05, 4.69) is 5.32 Å². The molecule has 0 saturated carbocycles. The fourth-order valence-electron chi connectivity index (χ4n) is 0.337. The Hall–Kier alpha value is 0.444. The molecule has 1 aliphatic rings. The molecule has 37 valence electrons. The van der Waals surface area contributed by atoms with Gasteiger partial charge in [-0.25, -0.2) is 0 Å². The van der Waals surface area contributed by atoms with Crippen LogP contribution in [0.5, 0.6) is 0 Å². The number of carbonyl (C=O) groups excluding carboxylic acids is 1. The first-order chi connectivity index (χ1) is 2.80. The summed E-state index contributed by atoms with van der Waals surface area (Å²) in [6.07, 6.45) is 0. The number of rotatable bonds is 0. The minimum Gasteiger partial charge on any atom is -0.408 e. The summed E-state index contributed by atoms with van der Waals surface area (Å²) in [7, 11) is 0. The van der Waals surface area contributed by atoms with Gasteiger partial charge in [0.25, 0.3) is 0 Å². The van der Waals surface area contributed by atoms with Crippen LogP contribution in [0.4, 0.5) is 0 Å². The minimum atomic E-state index is 0. The Kier molecular flexibility index (Phi) is 2.85. The van der Waals surface area contributed by atoms with Crippen LogP contribution in [0.1, 0.15) is 6.92 Å². The molecule has 1 radical (unpaired) electrons. The predicted octanol–water partition coefficient (Wildman–Crippen LogP) is -0.292. The summed E-state index contributed by atoms with van der Waals surface area (Å²) in [4.78, 5) is 10.1. The number of hydrogen-bond donors (Lipinski definition) is 1. The zero-order valence-corrected chi connectivity index (χ0v) is 7.03. The Bertz CT molecular complexity index is 83.8. The molecule has 2 nitrogen and oxygen atoms in total. The summed E-state index contributed by atoms with van der Waals surface area (Å²) in [6, 6.07) is 0. The molecule has 0 atom stereocenters. The van der Waals surface area contributed by atoms with Crippen LogP contribution in [0, 0.1) is 5.92 Å². The molecule has 0 aromatic heterocycles. The topological polar surface area (TPSA) is 29.1 Å². The standard InChI is InChI=1S/C4H6NO.Y/c1-3-2-5-4(3)6;/h2H2,1H3,(H,5,6);/q-1;. The second kappa shape index (κ2) is 2.68. The zero-order chi connectivity index (χ0) is 4.57. The van der Waals surface area contributed by atoms with Crippen molar-refractivity contribution in [2.24, 2.45) is 0 Å². The van der Waals surface area contributed by atoms with Gasteiger partial charge in [0.15, 0.2) is 0 Å². The second-order valence-corrected chi connectivity index (χ2v) is 1.46. The van der Waals surface area contributed by atoms with Crippen LogP contribution in [0.3, 0.4) is 0 Å². The second-order valence-electron chi connectivity index (χ2n) is 1.46. The van der Waals surface area contributed by atoms with E-state index in [1.807, 2.05) is 6.92 Å². The Balaban J connectivity index is 0.000000360. The quantitative estimate of drug-likeness (QED) is 0.395. The van der Waals surface area contributed by atoms with Gasteiger partial charge >= 0.3 is 0 Å². The third kappa shape index (κ3) is 1.43. The van der Waals surface area contributed by atoms with E-state index in [0.717, 1.165) is 12.5 Å². The molecule has 0 aliphatic carbocycles. The van der Waals surface area contributed by atoms with Crippen molar-refractivity contribution in [3.63, 3.8) is 0 Å². The van der Waals surface area contributed by atoms with Gasteiger partial charge in [0.05, 0.1) is 5.91 Å². The van der Waals surface area contributed by atoms with Gasteiger partial charge in [-0.05, 0) is 0 Å². The zero-order valence-electron chi connectivity index (χ0n) is 4.19. The average molecular weight is 173 g/mol. The molecule has 0 spiro atoms. The van der Waals surface area contributed by atoms with E-state index in [4.69, 9.17) is 0 Å². The Labute approximate surface area is 67.9 Å². The summed E-state index contributed by atoms with van der Waals surface area (Å²) < 4.78 is 0. The average Bonchev–Trinajstić information content (AvgIpc) is 1.61. The molecular formula is C4H6NOY-. The monoisotopic (exact) mass is 173 g/mol.